The van der Waals surface area contributed by atoms with E-state index in [0.717, 1.165) is 22.3 Å². The highest BCUT2D eigenvalue weighted by molar-refractivity contribution is 5.97. The van der Waals surface area contributed by atoms with Crippen LogP contribution in [0.15, 0.2) is 65.9 Å². The van der Waals surface area contributed by atoms with E-state index in [9.17, 15) is 0 Å². The molecule has 3 N–H and O–H groups in total. The predicted molar refractivity (Wildman–Crippen MR) is 129 cm³/mol. The fourth-order valence-electron chi connectivity index (χ4n) is 4.10. The lowest BCUT2D eigenvalue weighted by molar-refractivity contribution is 0.568. The second-order valence-electron chi connectivity index (χ2n) is 8.37. The summed E-state index contributed by atoms with van der Waals surface area (Å²) in [5.41, 5.74) is 6.23. The molecule has 0 aliphatic rings. The lowest BCUT2D eigenvalue weighted by atomic mass is 10.0. The van der Waals surface area contributed by atoms with Crippen LogP contribution in [0.1, 0.15) is 13.8 Å². The van der Waals surface area contributed by atoms with Crippen molar-refractivity contribution in [3.63, 3.8) is 0 Å². The van der Waals surface area contributed by atoms with Gasteiger partial charge in [-0.15, -0.1) is 0 Å². The average Bonchev–Trinajstić information content (AvgIpc) is 3.57. The van der Waals surface area contributed by atoms with Gasteiger partial charge in [-0.25, -0.2) is 9.37 Å². The Morgan fingerprint density at radius 2 is 1.94 bits per heavy atom. The van der Waals surface area contributed by atoms with Crippen LogP contribution in [-0.4, -0.2) is 36.2 Å². The maximum absolute atomic E-state index is 15.1. The molecule has 9 heteroatoms. The summed E-state index contributed by atoms with van der Waals surface area (Å²) in [5, 5.41) is 11.1. The molecule has 0 aliphatic carbocycles. The van der Waals surface area contributed by atoms with E-state index in [1.54, 1.807) is 31.1 Å². The minimum atomic E-state index is -0.422. The second-order valence-corrected chi connectivity index (χ2v) is 8.37. The fourth-order valence-corrected chi connectivity index (χ4v) is 4.10. The van der Waals surface area contributed by atoms with E-state index >= 15 is 4.39 Å². The van der Waals surface area contributed by atoms with Crippen molar-refractivity contribution in [2.75, 3.05) is 5.32 Å². The van der Waals surface area contributed by atoms with Crippen LogP contribution >= 0.6 is 0 Å². The number of hydrogen-bond acceptors (Lipinski definition) is 6. The summed E-state index contributed by atoms with van der Waals surface area (Å²) in [5.74, 6) is 0.120. The number of hydrogen-bond donors (Lipinski definition) is 3. The summed E-state index contributed by atoms with van der Waals surface area (Å²) in [7, 11) is 0. The summed E-state index contributed by atoms with van der Waals surface area (Å²) in [6, 6.07) is 9.26. The van der Waals surface area contributed by atoms with Crippen molar-refractivity contribution >= 4 is 27.6 Å². The van der Waals surface area contributed by atoms with Gasteiger partial charge in [0.25, 0.3) is 0 Å². The van der Waals surface area contributed by atoms with E-state index in [-0.39, 0.29) is 11.6 Å². The number of imidazole rings is 1. The van der Waals surface area contributed by atoms with Crippen molar-refractivity contribution in [2.24, 2.45) is 0 Å². The minimum absolute atomic E-state index is 0.247. The number of rotatable bonds is 5. The number of pyridine rings is 2. The highest BCUT2D eigenvalue weighted by Gasteiger charge is 2.18. The second kappa shape index (κ2) is 7.80. The van der Waals surface area contributed by atoms with Crippen molar-refractivity contribution < 1.29 is 8.81 Å². The molecule has 1 aromatic carbocycles. The molecule has 168 valence electrons. The lowest BCUT2D eigenvalue weighted by Gasteiger charge is -2.11. The van der Waals surface area contributed by atoms with Gasteiger partial charge >= 0.3 is 0 Å². The average molecular weight is 453 g/mol. The first-order chi connectivity index (χ1) is 16.6. The summed E-state index contributed by atoms with van der Waals surface area (Å²) < 4.78 is 20.3. The zero-order chi connectivity index (χ0) is 23.2. The monoisotopic (exact) mass is 453 g/mol. The summed E-state index contributed by atoms with van der Waals surface area (Å²) in [6.45, 7) is 4.11. The molecule has 0 fully saturated rings. The van der Waals surface area contributed by atoms with Crippen LogP contribution < -0.4 is 5.32 Å². The van der Waals surface area contributed by atoms with Gasteiger partial charge in [-0.2, -0.15) is 5.10 Å². The van der Waals surface area contributed by atoms with E-state index < -0.39 is 5.82 Å². The molecule has 0 atom stereocenters. The molecule has 0 spiro atoms. The molecule has 0 saturated carbocycles. The number of nitrogens with one attached hydrogen (secondary N) is 3. The Morgan fingerprint density at radius 3 is 2.76 bits per heavy atom. The van der Waals surface area contributed by atoms with Crippen LogP contribution in [-0.2, 0) is 0 Å². The third kappa shape index (κ3) is 3.38. The highest BCUT2D eigenvalue weighted by atomic mass is 19.1. The molecule has 5 heterocycles. The van der Waals surface area contributed by atoms with E-state index in [1.165, 1.54) is 6.07 Å². The Kier molecular flexibility index (Phi) is 4.61. The molecule has 0 aliphatic heterocycles. The molecular formula is C25H20FN7O. The van der Waals surface area contributed by atoms with E-state index in [2.05, 4.69) is 44.3 Å². The van der Waals surface area contributed by atoms with Crippen molar-refractivity contribution in [1.82, 2.24) is 30.1 Å². The van der Waals surface area contributed by atoms with Crippen molar-refractivity contribution in [2.45, 2.75) is 19.9 Å². The van der Waals surface area contributed by atoms with Gasteiger partial charge in [-0.05, 0) is 49.7 Å². The van der Waals surface area contributed by atoms with Crippen LogP contribution in [0.25, 0.3) is 55.8 Å². The maximum Gasteiger partial charge on any atom is 0.157 e. The molecule has 0 bridgehead atoms. The Bertz CT molecular complexity index is 1630. The van der Waals surface area contributed by atoms with Gasteiger partial charge in [0.15, 0.2) is 11.6 Å². The number of aromatic amines is 2. The van der Waals surface area contributed by atoms with Crippen molar-refractivity contribution in [1.29, 1.82) is 0 Å². The molecule has 0 radical (unpaired) electrons. The maximum atomic E-state index is 15.1. The minimum Gasteiger partial charge on any atom is -0.472 e. The summed E-state index contributed by atoms with van der Waals surface area (Å²) >= 11 is 0. The SMILES string of the molecule is CC(C)Nc1cncc(-c2cc(F)c3n[nH]c(-c4nc5c(-c6ccoc6)nccc5[nH]4)c3c2)c1. The number of furan rings is 1. The molecular weight excluding hydrogens is 433 g/mol. The lowest BCUT2D eigenvalue weighted by Crippen LogP contribution is -2.09. The van der Waals surface area contributed by atoms with Gasteiger partial charge in [-0.3, -0.25) is 15.1 Å². The molecule has 6 rings (SSSR count). The first-order valence-corrected chi connectivity index (χ1v) is 10.8. The number of nitrogens with zero attached hydrogens (tertiary/aromatic N) is 4. The zero-order valence-electron chi connectivity index (χ0n) is 18.4. The Morgan fingerprint density at radius 1 is 1.03 bits per heavy atom. The Hall–Kier alpha value is -4.53. The van der Waals surface area contributed by atoms with E-state index in [4.69, 9.17) is 9.40 Å². The van der Waals surface area contributed by atoms with Crippen LogP contribution in [0.3, 0.4) is 0 Å². The smallest absolute Gasteiger partial charge is 0.157 e. The molecule has 5 aromatic heterocycles. The first kappa shape index (κ1) is 20.1. The van der Waals surface area contributed by atoms with Crippen LogP contribution in [0.4, 0.5) is 10.1 Å². The van der Waals surface area contributed by atoms with Gasteiger partial charge < -0.3 is 14.7 Å². The summed E-state index contributed by atoms with van der Waals surface area (Å²) in [6.07, 6.45) is 8.40. The predicted octanol–water partition coefficient (Wildman–Crippen LogP) is 5.78. The fraction of sp³-hybridized carbons (Fsp3) is 0.120. The zero-order valence-corrected chi connectivity index (χ0v) is 18.4. The third-order valence-corrected chi connectivity index (χ3v) is 5.57. The standard InChI is InChI=1S/C25H20FN7O/c1-13(2)29-17-7-16(10-27-11-17)15-8-18-22(19(26)9-15)32-33-23(18)25-30-20-3-5-28-21(24(20)31-25)14-4-6-34-12-14/h3-13,29H,1-2H3,(H,30,31)(H,32,33). The number of benzene rings is 1. The van der Waals surface area contributed by atoms with Gasteiger partial charge in [-0.1, -0.05) is 0 Å². The normalized spacial score (nSPS) is 11.6. The number of H-pyrrole nitrogens is 2. The number of halogens is 1. The Balaban J connectivity index is 1.49. The number of anilines is 1. The molecule has 34 heavy (non-hydrogen) atoms. The summed E-state index contributed by atoms with van der Waals surface area (Å²) in [4.78, 5) is 16.8. The van der Waals surface area contributed by atoms with Gasteiger partial charge in [0.1, 0.15) is 22.4 Å². The van der Waals surface area contributed by atoms with Crippen LogP contribution in [0, 0.1) is 5.82 Å². The first-order valence-electron chi connectivity index (χ1n) is 10.8. The van der Waals surface area contributed by atoms with Crippen LogP contribution in [0.5, 0.6) is 0 Å². The van der Waals surface area contributed by atoms with Crippen molar-refractivity contribution in [3.8, 4) is 33.9 Å². The van der Waals surface area contributed by atoms with E-state index in [0.29, 0.717) is 33.7 Å². The topological polar surface area (TPSA) is 108 Å². The molecule has 6 aromatic rings. The van der Waals surface area contributed by atoms with Gasteiger partial charge in [0.05, 0.1) is 23.7 Å². The molecule has 0 unspecified atom stereocenters. The van der Waals surface area contributed by atoms with Crippen LogP contribution in [0.2, 0.25) is 0 Å². The highest BCUT2D eigenvalue weighted by Crippen LogP contribution is 2.34. The Labute approximate surface area is 193 Å². The number of fused-ring (bicyclic) bond motifs is 2. The third-order valence-electron chi connectivity index (χ3n) is 5.57. The number of aromatic nitrogens is 6. The van der Waals surface area contributed by atoms with Gasteiger partial charge in [0, 0.05) is 41.1 Å². The quantitative estimate of drug-likeness (QED) is 0.305. The van der Waals surface area contributed by atoms with Crippen molar-refractivity contribution in [3.05, 3.63) is 67.3 Å². The molecule has 0 saturated heterocycles. The molecule has 8 nitrogen and oxygen atoms in total. The van der Waals surface area contributed by atoms with Gasteiger partial charge in [0.2, 0.25) is 0 Å². The largest absolute Gasteiger partial charge is 0.472 e. The van der Waals surface area contributed by atoms with E-state index in [1.807, 2.05) is 24.3 Å². The molecule has 0 amide bonds.